The van der Waals surface area contributed by atoms with Gasteiger partial charge in [0.05, 0.1) is 19.1 Å². The van der Waals surface area contributed by atoms with Crippen LogP contribution >= 0.6 is 0 Å². The monoisotopic (exact) mass is 486 g/mol. The number of hydrogen-bond donors (Lipinski definition) is 0. The van der Waals surface area contributed by atoms with Crippen molar-refractivity contribution in [2.24, 2.45) is 5.92 Å². The summed E-state index contributed by atoms with van der Waals surface area (Å²) in [6.07, 6.45) is 1.96. The third kappa shape index (κ3) is 4.60. The molecule has 0 spiro atoms. The molecule has 3 aromatic rings. The van der Waals surface area contributed by atoms with E-state index in [0.29, 0.717) is 17.2 Å². The molecule has 1 saturated heterocycles. The second-order valence-electron chi connectivity index (χ2n) is 9.85. The fraction of sp³-hybridized carbons (Fsp3) is 0.333. The summed E-state index contributed by atoms with van der Waals surface area (Å²) < 4.78 is 19.0. The molecule has 0 saturated carbocycles. The maximum absolute atomic E-state index is 14.2. The van der Waals surface area contributed by atoms with Crippen molar-refractivity contribution in [1.82, 2.24) is 9.80 Å². The van der Waals surface area contributed by atoms with Crippen molar-refractivity contribution in [2.75, 3.05) is 20.2 Å². The number of methoxy groups -OCH3 is 1. The third-order valence-corrected chi connectivity index (χ3v) is 7.52. The Bertz CT molecular complexity index is 1230. The molecular weight excluding hydrogens is 455 g/mol. The van der Waals surface area contributed by atoms with E-state index in [1.54, 1.807) is 30.2 Å². The van der Waals surface area contributed by atoms with Crippen LogP contribution in [0.4, 0.5) is 4.39 Å². The summed E-state index contributed by atoms with van der Waals surface area (Å²) in [6, 6.07) is 20.7. The van der Waals surface area contributed by atoms with Crippen molar-refractivity contribution < 1.29 is 18.7 Å². The molecule has 3 aromatic carbocycles. The molecule has 0 radical (unpaired) electrons. The molecule has 36 heavy (non-hydrogen) atoms. The highest BCUT2D eigenvalue weighted by Crippen LogP contribution is 2.45. The van der Waals surface area contributed by atoms with Crippen LogP contribution in [0.2, 0.25) is 0 Å². The van der Waals surface area contributed by atoms with Crippen molar-refractivity contribution in [2.45, 2.75) is 38.3 Å². The van der Waals surface area contributed by atoms with Crippen LogP contribution in [0.3, 0.4) is 0 Å². The topological polar surface area (TPSA) is 49.9 Å². The van der Waals surface area contributed by atoms with Gasteiger partial charge in [-0.25, -0.2) is 4.39 Å². The van der Waals surface area contributed by atoms with Gasteiger partial charge in [0.25, 0.3) is 5.91 Å². The number of nitrogens with zero attached hydrogens (tertiary/aromatic N) is 2. The Morgan fingerprint density at radius 3 is 2.31 bits per heavy atom. The zero-order valence-electron chi connectivity index (χ0n) is 20.7. The molecule has 5 nitrogen and oxygen atoms in total. The normalized spacial score (nSPS) is 20.2. The number of ether oxygens (including phenoxy) is 1. The van der Waals surface area contributed by atoms with Crippen LogP contribution in [0.1, 0.15) is 58.8 Å². The minimum absolute atomic E-state index is 0.0479. The van der Waals surface area contributed by atoms with Crippen LogP contribution in [0.5, 0.6) is 5.75 Å². The molecule has 2 aliphatic heterocycles. The molecule has 0 aliphatic carbocycles. The highest BCUT2D eigenvalue weighted by atomic mass is 19.1. The van der Waals surface area contributed by atoms with Gasteiger partial charge in [0.2, 0.25) is 5.91 Å². The largest absolute Gasteiger partial charge is 0.497 e. The average Bonchev–Trinajstić information content (AvgIpc) is 2.91. The van der Waals surface area contributed by atoms with Crippen LogP contribution in [-0.2, 0) is 11.3 Å². The van der Waals surface area contributed by atoms with Crippen molar-refractivity contribution in [3.63, 3.8) is 0 Å². The van der Waals surface area contributed by atoms with E-state index in [9.17, 15) is 14.0 Å². The Labute approximate surface area is 211 Å². The highest BCUT2D eigenvalue weighted by molar-refractivity contribution is 6.01. The number of piperidine rings is 1. The molecule has 0 aromatic heterocycles. The summed E-state index contributed by atoms with van der Waals surface area (Å²) in [4.78, 5) is 31.8. The Morgan fingerprint density at radius 2 is 1.64 bits per heavy atom. The Hall–Kier alpha value is -3.67. The number of rotatable bonds is 5. The van der Waals surface area contributed by atoms with Gasteiger partial charge in [-0.15, -0.1) is 0 Å². The summed E-state index contributed by atoms with van der Waals surface area (Å²) in [6.45, 7) is 3.94. The zero-order chi connectivity index (χ0) is 25.2. The fourth-order valence-corrected chi connectivity index (χ4v) is 5.42. The quantitative estimate of drug-likeness (QED) is 0.474. The first-order valence-electron chi connectivity index (χ1n) is 12.5. The molecule has 0 unspecified atom stereocenters. The summed E-state index contributed by atoms with van der Waals surface area (Å²) in [5.74, 6) is 0.356. The van der Waals surface area contributed by atoms with E-state index in [-0.39, 0.29) is 24.2 Å². The molecule has 2 atom stereocenters. The zero-order valence-corrected chi connectivity index (χ0v) is 20.7. The molecular formula is C30H31FN2O3. The van der Waals surface area contributed by atoms with E-state index in [0.717, 1.165) is 42.6 Å². The molecule has 2 amide bonds. The highest BCUT2D eigenvalue weighted by Gasteiger charge is 2.45. The lowest BCUT2D eigenvalue weighted by Gasteiger charge is -2.44. The lowest BCUT2D eigenvalue weighted by molar-refractivity contribution is -0.136. The van der Waals surface area contributed by atoms with E-state index < -0.39 is 12.0 Å². The second-order valence-corrected chi connectivity index (χ2v) is 9.85. The smallest absolute Gasteiger partial charge is 0.255 e. The van der Waals surface area contributed by atoms with Crippen molar-refractivity contribution in [1.29, 1.82) is 0 Å². The van der Waals surface area contributed by atoms with E-state index in [1.165, 1.54) is 12.1 Å². The van der Waals surface area contributed by atoms with Gasteiger partial charge in [0.1, 0.15) is 11.6 Å². The Kier molecular flexibility index (Phi) is 6.77. The molecule has 5 rings (SSSR count). The summed E-state index contributed by atoms with van der Waals surface area (Å²) in [5.41, 5.74) is 2.99. The SMILES string of the molecule is COc1ccc([C@H]2[C@@H](C(=O)N3CCC(C)CC3)c3ccccc3C(=O)N2Cc2ccc(F)cc2)cc1. The van der Waals surface area contributed by atoms with Gasteiger partial charge >= 0.3 is 0 Å². The second kappa shape index (κ2) is 10.1. The molecule has 0 bridgehead atoms. The van der Waals surface area contributed by atoms with Gasteiger partial charge < -0.3 is 14.5 Å². The van der Waals surface area contributed by atoms with E-state index in [2.05, 4.69) is 6.92 Å². The average molecular weight is 487 g/mol. The van der Waals surface area contributed by atoms with Crippen LogP contribution in [0, 0.1) is 11.7 Å². The van der Waals surface area contributed by atoms with Crippen LogP contribution in [-0.4, -0.2) is 41.8 Å². The number of halogens is 1. The van der Waals surface area contributed by atoms with Crippen molar-refractivity contribution in [3.8, 4) is 5.75 Å². The number of carbonyl (C=O) groups is 2. The number of likely N-dealkylation sites (tertiary alicyclic amines) is 1. The minimum Gasteiger partial charge on any atom is -0.497 e. The lowest BCUT2D eigenvalue weighted by atomic mass is 9.78. The number of carbonyl (C=O) groups excluding carboxylic acids is 2. The van der Waals surface area contributed by atoms with E-state index in [4.69, 9.17) is 4.74 Å². The van der Waals surface area contributed by atoms with Gasteiger partial charge in [-0.2, -0.15) is 0 Å². The predicted molar refractivity (Wildman–Crippen MR) is 136 cm³/mol. The lowest BCUT2D eigenvalue weighted by Crippen LogP contribution is -2.49. The first-order chi connectivity index (χ1) is 17.5. The maximum atomic E-state index is 14.2. The summed E-state index contributed by atoms with van der Waals surface area (Å²) in [7, 11) is 1.61. The molecule has 6 heteroatoms. The van der Waals surface area contributed by atoms with E-state index >= 15 is 0 Å². The molecule has 0 N–H and O–H groups in total. The number of hydrogen-bond acceptors (Lipinski definition) is 3. The predicted octanol–water partition coefficient (Wildman–Crippen LogP) is 5.57. The van der Waals surface area contributed by atoms with Gasteiger partial charge in [0.15, 0.2) is 0 Å². The fourth-order valence-electron chi connectivity index (χ4n) is 5.42. The maximum Gasteiger partial charge on any atom is 0.255 e. The van der Waals surface area contributed by atoms with E-state index in [1.807, 2.05) is 47.4 Å². The van der Waals surface area contributed by atoms with Crippen LogP contribution in [0.15, 0.2) is 72.8 Å². The number of benzene rings is 3. The summed E-state index contributed by atoms with van der Waals surface area (Å²) >= 11 is 0. The summed E-state index contributed by atoms with van der Waals surface area (Å²) in [5, 5.41) is 0. The standard InChI is InChI=1S/C30H31FN2O3/c1-20-15-17-32(18-16-20)30(35)27-25-5-3-4-6-26(25)29(34)33(19-21-7-11-23(31)12-8-21)28(27)22-9-13-24(36-2)14-10-22/h3-14,20,27-28H,15-19H2,1-2H3/t27-,28-/m0/s1. The van der Waals surface area contributed by atoms with Crippen molar-refractivity contribution in [3.05, 3.63) is 101 Å². The van der Waals surface area contributed by atoms with Gasteiger partial charge in [-0.3, -0.25) is 9.59 Å². The van der Waals surface area contributed by atoms with Crippen LogP contribution in [0.25, 0.3) is 0 Å². The molecule has 1 fully saturated rings. The van der Waals surface area contributed by atoms with Crippen molar-refractivity contribution >= 4 is 11.8 Å². The Morgan fingerprint density at radius 1 is 0.972 bits per heavy atom. The minimum atomic E-state index is -0.541. The number of fused-ring (bicyclic) bond motifs is 1. The third-order valence-electron chi connectivity index (χ3n) is 7.52. The Balaban J connectivity index is 1.62. The van der Waals surface area contributed by atoms with Gasteiger partial charge in [0, 0.05) is 25.2 Å². The molecule has 2 heterocycles. The first kappa shape index (κ1) is 24.0. The number of amides is 2. The van der Waals surface area contributed by atoms with Crippen LogP contribution < -0.4 is 4.74 Å². The molecule has 186 valence electrons. The molecule has 2 aliphatic rings. The van der Waals surface area contributed by atoms with Gasteiger partial charge in [-0.05, 0) is 65.8 Å². The first-order valence-corrected chi connectivity index (χ1v) is 12.5. The van der Waals surface area contributed by atoms with Gasteiger partial charge in [-0.1, -0.05) is 49.4 Å².